The molecule has 0 radical (unpaired) electrons. The predicted octanol–water partition coefficient (Wildman–Crippen LogP) is 2.95. The largest absolute Gasteiger partial charge is 0.354 e. The van der Waals surface area contributed by atoms with Gasteiger partial charge in [-0.1, -0.05) is 43.1 Å². The fraction of sp³-hybridized carbons (Fsp3) is 0.353. The van der Waals surface area contributed by atoms with Gasteiger partial charge in [0.2, 0.25) is 5.91 Å². The summed E-state index contributed by atoms with van der Waals surface area (Å²) in [4.78, 5) is 23.8. The highest BCUT2D eigenvalue weighted by atomic mass is 35.5. The van der Waals surface area contributed by atoms with Crippen LogP contribution in [0.4, 0.5) is 0 Å². The minimum atomic E-state index is -0.338. The Kier molecular flexibility index (Phi) is 5.67. The van der Waals surface area contributed by atoms with Crippen LogP contribution in [-0.2, 0) is 16.8 Å². The van der Waals surface area contributed by atoms with Crippen LogP contribution in [0.25, 0.3) is 0 Å². The molecular weight excluding hydrogens is 349 g/mol. The topological polar surface area (TPSA) is 64.0 Å². The second kappa shape index (κ2) is 7.36. The highest BCUT2D eigenvalue weighted by Gasteiger charge is 2.22. The normalized spacial score (nSPS) is 11.4. The van der Waals surface area contributed by atoms with E-state index in [1.807, 2.05) is 19.9 Å². The molecule has 0 bridgehead atoms. The third-order valence-corrected chi connectivity index (χ3v) is 4.46. The zero-order chi connectivity index (χ0) is 17.9. The van der Waals surface area contributed by atoms with Gasteiger partial charge >= 0.3 is 0 Å². The standard InChI is InChI=1S/C17H19Cl2N3O2/c1-11-4-7-16(24)22(21-11)9-15(23)20-10-17(2,3)12-5-6-13(18)14(19)8-12/h4-8H,9-10H2,1-3H3,(H,20,23). The van der Waals surface area contributed by atoms with Crippen molar-refractivity contribution in [1.29, 1.82) is 0 Å². The SMILES string of the molecule is Cc1ccc(=O)n(CC(=O)NCC(C)(C)c2ccc(Cl)c(Cl)c2)n1. The van der Waals surface area contributed by atoms with E-state index in [9.17, 15) is 9.59 Å². The number of aryl methyl sites for hydroxylation is 1. The van der Waals surface area contributed by atoms with Gasteiger partial charge in [0, 0.05) is 18.0 Å². The zero-order valence-corrected chi connectivity index (χ0v) is 15.3. The lowest BCUT2D eigenvalue weighted by atomic mass is 9.84. The molecule has 0 saturated heterocycles. The van der Waals surface area contributed by atoms with Gasteiger partial charge in [0.1, 0.15) is 6.54 Å². The molecule has 2 aromatic rings. The Hall–Kier alpha value is -1.85. The summed E-state index contributed by atoms with van der Waals surface area (Å²) in [6.07, 6.45) is 0. The fourth-order valence-electron chi connectivity index (χ4n) is 2.19. The molecule has 1 N–H and O–H groups in total. The summed E-state index contributed by atoms with van der Waals surface area (Å²) in [5, 5.41) is 7.85. The summed E-state index contributed by atoms with van der Waals surface area (Å²) >= 11 is 12.0. The van der Waals surface area contributed by atoms with Crippen LogP contribution in [0.3, 0.4) is 0 Å². The lowest BCUT2D eigenvalue weighted by Crippen LogP contribution is -2.40. The lowest BCUT2D eigenvalue weighted by Gasteiger charge is -2.26. The molecule has 0 aliphatic heterocycles. The van der Waals surface area contributed by atoms with E-state index in [4.69, 9.17) is 23.2 Å². The highest BCUT2D eigenvalue weighted by Crippen LogP contribution is 2.29. The van der Waals surface area contributed by atoms with Crippen LogP contribution >= 0.6 is 23.2 Å². The van der Waals surface area contributed by atoms with E-state index in [-0.39, 0.29) is 23.4 Å². The number of carbonyl (C=O) groups excluding carboxylic acids is 1. The van der Waals surface area contributed by atoms with Gasteiger partial charge in [-0.3, -0.25) is 9.59 Å². The van der Waals surface area contributed by atoms with Crippen LogP contribution in [-0.4, -0.2) is 22.2 Å². The molecule has 7 heteroatoms. The van der Waals surface area contributed by atoms with Crippen LogP contribution in [0, 0.1) is 6.92 Å². The molecule has 0 aliphatic rings. The Morgan fingerprint density at radius 3 is 2.58 bits per heavy atom. The first-order chi connectivity index (χ1) is 11.2. The van der Waals surface area contributed by atoms with Crippen molar-refractivity contribution >= 4 is 29.1 Å². The molecule has 0 unspecified atom stereocenters. The van der Waals surface area contributed by atoms with Crippen molar-refractivity contribution in [3.8, 4) is 0 Å². The number of amides is 1. The van der Waals surface area contributed by atoms with E-state index < -0.39 is 0 Å². The van der Waals surface area contributed by atoms with Crippen molar-refractivity contribution in [1.82, 2.24) is 15.1 Å². The van der Waals surface area contributed by atoms with Crippen LogP contribution in [0.5, 0.6) is 0 Å². The third kappa shape index (κ3) is 4.58. The second-order valence-electron chi connectivity index (χ2n) is 6.26. The molecule has 0 saturated carbocycles. The summed E-state index contributed by atoms with van der Waals surface area (Å²) < 4.78 is 1.15. The number of nitrogens with zero attached hydrogens (tertiary/aromatic N) is 2. The predicted molar refractivity (Wildman–Crippen MR) is 95.7 cm³/mol. The van der Waals surface area contributed by atoms with Crippen molar-refractivity contribution < 1.29 is 4.79 Å². The Labute approximate surface area is 150 Å². The van der Waals surface area contributed by atoms with Crippen molar-refractivity contribution in [2.75, 3.05) is 6.54 Å². The maximum atomic E-state index is 12.1. The average Bonchev–Trinajstić information content (AvgIpc) is 2.51. The summed E-state index contributed by atoms with van der Waals surface area (Å²) in [6, 6.07) is 8.42. The van der Waals surface area contributed by atoms with Gasteiger partial charge in [-0.15, -0.1) is 0 Å². The van der Waals surface area contributed by atoms with E-state index in [0.717, 1.165) is 10.2 Å². The van der Waals surface area contributed by atoms with Crippen LogP contribution in [0.2, 0.25) is 10.0 Å². The number of hydrogen-bond donors (Lipinski definition) is 1. The maximum Gasteiger partial charge on any atom is 0.267 e. The molecule has 1 heterocycles. The Bertz CT molecular complexity index is 816. The number of carbonyl (C=O) groups is 1. The molecule has 24 heavy (non-hydrogen) atoms. The first-order valence-electron chi connectivity index (χ1n) is 7.46. The molecule has 0 fully saturated rings. The molecule has 0 spiro atoms. The highest BCUT2D eigenvalue weighted by molar-refractivity contribution is 6.42. The zero-order valence-electron chi connectivity index (χ0n) is 13.8. The molecule has 1 aromatic carbocycles. The summed E-state index contributed by atoms with van der Waals surface area (Å²) in [7, 11) is 0. The van der Waals surface area contributed by atoms with E-state index >= 15 is 0 Å². The minimum Gasteiger partial charge on any atom is -0.354 e. The summed E-state index contributed by atoms with van der Waals surface area (Å²) in [6.45, 7) is 6.03. The van der Waals surface area contributed by atoms with Gasteiger partial charge in [-0.05, 0) is 30.7 Å². The van der Waals surface area contributed by atoms with Crippen LogP contribution < -0.4 is 10.9 Å². The van der Waals surface area contributed by atoms with Crippen LogP contribution in [0.15, 0.2) is 35.1 Å². The van der Waals surface area contributed by atoms with Gasteiger partial charge in [0.15, 0.2) is 0 Å². The number of nitrogens with one attached hydrogen (secondary N) is 1. The Morgan fingerprint density at radius 1 is 1.21 bits per heavy atom. The number of hydrogen-bond acceptors (Lipinski definition) is 3. The Balaban J connectivity index is 2.03. The van der Waals surface area contributed by atoms with Crippen molar-refractivity contribution in [2.45, 2.75) is 32.7 Å². The number of benzene rings is 1. The van der Waals surface area contributed by atoms with E-state index in [2.05, 4.69) is 10.4 Å². The summed E-state index contributed by atoms with van der Waals surface area (Å²) in [5.74, 6) is -0.275. The maximum absolute atomic E-state index is 12.1. The minimum absolute atomic E-state index is 0.113. The van der Waals surface area contributed by atoms with E-state index in [1.165, 1.54) is 6.07 Å². The Morgan fingerprint density at radius 2 is 1.92 bits per heavy atom. The molecule has 1 aromatic heterocycles. The number of rotatable bonds is 5. The van der Waals surface area contributed by atoms with Gasteiger partial charge < -0.3 is 5.32 Å². The lowest BCUT2D eigenvalue weighted by molar-refractivity contribution is -0.122. The summed E-state index contributed by atoms with van der Waals surface area (Å²) in [5.41, 5.74) is 0.996. The molecule has 5 nitrogen and oxygen atoms in total. The molecule has 0 atom stereocenters. The quantitative estimate of drug-likeness (QED) is 0.883. The van der Waals surface area contributed by atoms with E-state index in [0.29, 0.717) is 22.3 Å². The first kappa shape index (κ1) is 18.5. The first-order valence-corrected chi connectivity index (χ1v) is 8.21. The average molecular weight is 368 g/mol. The number of aromatic nitrogens is 2. The van der Waals surface area contributed by atoms with Gasteiger partial charge in [0.05, 0.1) is 15.7 Å². The monoisotopic (exact) mass is 367 g/mol. The number of halogens is 2. The third-order valence-electron chi connectivity index (χ3n) is 3.72. The van der Waals surface area contributed by atoms with Gasteiger partial charge in [0.25, 0.3) is 5.56 Å². The van der Waals surface area contributed by atoms with Gasteiger partial charge in [-0.2, -0.15) is 5.10 Å². The molecule has 128 valence electrons. The molecule has 2 rings (SSSR count). The second-order valence-corrected chi connectivity index (χ2v) is 7.07. The smallest absolute Gasteiger partial charge is 0.267 e. The van der Waals surface area contributed by atoms with Crippen molar-refractivity contribution in [3.05, 3.63) is 62.0 Å². The van der Waals surface area contributed by atoms with Gasteiger partial charge in [-0.25, -0.2) is 4.68 Å². The van der Waals surface area contributed by atoms with Crippen LogP contribution in [0.1, 0.15) is 25.1 Å². The molecular formula is C17H19Cl2N3O2. The van der Waals surface area contributed by atoms with Crippen molar-refractivity contribution in [2.24, 2.45) is 0 Å². The molecule has 0 aliphatic carbocycles. The molecule has 1 amide bonds. The van der Waals surface area contributed by atoms with Crippen molar-refractivity contribution in [3.63, 3.8) is 0 Å². The fourth-order valence-corrected chi connectivity index (χ4v) is 2.49. The van der Waals surface area contributed by atoms with E-state index in [1.54, 1.807) is 25.1 Å².